The van der Waals surface area contributed by atoms with E-state index in [4.69, 9.17) is 9.47 Å². The van der Waals surface area contributed by atoms with Crippen LogP contribution in [-0.2, 0) is 19.1 Å². The molecule has 1 unspecified atom stereocenters. The zero-order chi connectivity index (χ0) is 25.2. The van der Waals surface area contributed by atoms with E-state index < -0.39 is 35.7 Å². The van der Waals surface area contributed by atoms with Gasteiger partial charge in [-0.15, -0.1) is 0 Å². The van der Waals surface area contributed by atoms with Crippen LogP contribution in [0.15, 0.2) is 48.5 Å². The Morgan fingerprint density at radius 1 is 1.11 bits per heavy atom. The second kappa shape index (κ2) is 10.1. The molecule has 1 fully saturated rings. The van der Waals surface area contributed by atoms with Gasteiger partial charge in [0.05, 0.1) is 12.6 Å². The number of amides is 2. The third kappa shape index (κ3) is 4.87. The van der Waals surface area contributed by atoms with Crippen LogP contribution in [0.1, 0.15) is 36.8 Å². The van der Waals surface area contributed by atoms with Gasteiger partial charge in [0, 0.05) is 19.6 Å². The SMILES string of the molecule is CO[C@H](C)[C@H](NC(=O)OCC1c2ccccc2-c2ccccc21)C(=O)N1CCCC(O)(C(=O)O)C1. The molecule has 0 aromatic heterocycles. The molecule has 0 bridgehead atoms. The van der Waals surface area contributed by atoms with Gasteiger partial charge in [-0.2, -0.15) is 0 Å². The van der Waals surface area contributed by atoms with Crippen molar-refractivity contribution < 1.29 is 34.1 Å². The number of rotatable bonds is 7. The molecule has 9 heteroatoms. The second-order valence-electron chi connectivity index (χ2n) is 9.09. The second-order valence-corrected chi connectivity index (χ2v) is 9.09. The summed E-state index contributed by atoms with van der Waals surface area (Å²) >= 11 is 0. The van der Waals surface area contributed by atoms with Gasteiger partial charge in [-0.3, -0.25) is 4.79 Å². The highest BCUT2D eigenvalue weighted by molar-refractivity contribution is 5.88. The maximum Gasteiger partial charge on any atom is 0.407 e. The molecule has 2 aromatic carbocycles. The van der Waals surface area contributed by atoms with Crippen molar-refractivity contribution in [2.24, 2.45) is 0 Å². The number of methoxy groups -OCH3 is 1. The minimum absolute atomic E-state index is 0.0520. The fourth-order valence-corrected chi connectivity index (χ4v) is 4.88. The van der Waals surface area contributed by atoms with Crippen LogP contribution in [0.5, 0.6) is 0 Å². The Morgan fingerprint density at radius 3 is 2.29 bits per heavy atom. The number of carbonyl (C=O) groups excluding carboxylic acids is 2. The Kier molecular flexibility index (Phi) is 7.09. The average Bonchev–Trinajstić information content (AvgIpc) is 3.19. The van der Waals surface area contributed by atoms with Gasteiger partial charge in [-0.05, 0) is 42.0 Å². The quantitative estimate of drug-likeness (QED) is 0.553. The molecule has 186 valence electrons. The third-order valence-electron chi connectivity index (χ3n) is 6.90. The minimum atomic E-state index is -2.02. The molecule has 0 saturated carbocycles. The van der Waals surface area contributed by atoms with Gasteiger partial charge in [0.25, 0.3) is 0 Å². The monoisotopic (exact) mass is 482 g/mol. The van der Waals surface area contributed by atoms with Gasteiger partial charge in [-0.1, -0.05) is 48.5 Å². The van der Waals surface area contributed by atoms with E-state index >= 15 is 0 Å². The fourth-order valence-electron chi connectivity index (χ4n) is 4.88. The number of nitrogens with one attached hydrogen (secondary N) is 1. The van der Waals surface area contributed by atoms with Crippen molar-refractivity contribution in [1.29, 1.82) is 0 Å². The Morgan fingerprint density at radius 2 is 1.71 bits per heavy atom. The first-order chi connectivity index (χ1) is 16.7. The molecule has 2 aromatic rings. The van der Waals surface area contributed by atoms with Crippen LogP contribution in [0.3, 0.4) is 0 Å². The molecule has 4 rings (SSSR count). The summed E-state index contributed by atoms with van der Waals surface area (Å²) < 4.78 is 10.9. The van der Waals surface area contributed by atoms with Gasteiger partial charge < -0.3 is 29.9 Å². The number of carbonyl (C=O) groups is 3. The number of β-amino-alcohol motifs (C(OH)–C–C–N with tert-alkyl or cyclic N) is 1. The van der Waals surface area contributed by atoms with E-state index in [0.717, 1.165) is 22.3 Å². The Labute approximate surface area is 203 Å². The van der Waals surface area contributed by atoms with Crippen molar-refractivity contribution in [2.75, 3.05) is 26.8 Å². The topological polar surface area (TPSA) is 125 Å². The number of hydrogen-bond acceptors (Lipinski definition) is 6. The minimum Gasteiger partial charge on any atom is -0.479 e. The lowest BCUT2D eigenvalue weighted by Crippen LogP contribution is -2.60. The standard InChI is InChI=1S/C26H30N2O7/c1-16(34-2)22(23(29)28-13-7-12-26(33,15-28)24(30)31)27-25(32)35-14-21-19-10-5-3-8-17(19)18-9-4-6-11-20(18)21/h3-6,8-11,16,21-22,33H,7,12-15H2,1-2H3,(H,27,32)(H,30,31)/t16-,22+,26?/m1/s1. The molecular formula is C26H30N2O7. The molecule has 2 amide bonds. The van der Waals surface area contributed by atoms with Crippen LogP contribution in [-0.4, -0.2) is 77.6 Å². The van der Waals surface area contributed by atoms with Gasteiger partial charge in [0.1, 0.15) is 12.6 Å². The van der Waals surface area contributed by atoms with Crippen LogP contribution in [0, 0.1) is 0 Å². The predicted octanol–water partition coefficient (Wildman–Crippen LogP) is 2.37. The summed E-state index contributed by atoms with van der Waals surface area (Å²) in [5.41, 5.74) is 2.34. The number of alkyl carbamates (subject to hydrolysis) is 1. The maximum atomic E-state index is 13.2. The first-order valence-electron chi connectivity index (χ1n) is 11.6. The number of aliphatic carboxylic acids is 1. The lowest BCUT2D eigenvalue weighted by molar-refractivity contribution is -0.167. The number of benzene rings is 2. The Bertz CT molecular complexity index is 1070. The van der Waals surface area contributed by atoms with Crippen LogP contribution in [0.2, 0.25) is 0 Å². The number of likely N-dealkylation sites (tertiary alicyclic amines) is 1. The predicted molar refractivity (Wildman–Crippen MR) is 127 cm³/mol. The van der Waals surface area contributed by atoms with Gasteiger partial charge in [-0.25, -0.2) is 9.59 Å². The molecule has 35 heavy (non-hydrogen) atoms. The molecule has 2 aliphatic rings. The number of aliphatic hydroxyl groups is 1. The fraction of sp³-hybridized carbons (Fsp3) is 0.423. The molecule has 1 aliphatic heterocycles. The highest BCUT2D eigenvalue weighted by Gasteiger charge is 2.44. The van der Waals surface area contributed by atoms with Gasteiger partial charge in [0.2, 0.25) is 5.91 Å². The largest absolute Gasteiger partial charge is 0.479 e. The number of nitrogens with zero attached hydrogens (tertiary/aromatic N) is 1. The van der Waals surface area contributed by atoms with Crippen molar-refractivity contribution in [3.05, 3.63) is 59.7 Å². The number of carboxylic acids is 1. The highest BCUT2D eigenvalue weighted by Crippen LogP contribution is 2.44. The first-order valence-corrected chi connectivity index (χ1v) is 11.6. The van der Waals surface area contributed by atoms with Crippen molar-refractivity contribution in [1.82, 2.24) is 10.2 Å². The molecule has 1 heterocycles. The van der Waals surface area contributed by atoms with E-state index in [0.29, 0.717) is 6.42 Å². The summed E-state index contributed by atoms with van der Waals surface area (Å²) in [5.74, 6) is -2.04. The van der Waals surface area contributed by atoms with E-state index in [1.54, 1.807) is 6.92 Å². The molecule has 3 atom stereocenters. The normalized spacial score (nSPS) is 20.9. The smallest absolute Gasteiger partial charge is 0.407 e. The van der Waals surface area contributed by atoms with Crippen LogP contribution < -0.4 is 5.32 Å². The van der Waals surface area contributed by atoms with E-state index in [1.165, 1.54) is 12.0 Å². The molecule has 0 spiro atoms. The summed E-state index contributed by atoms with van der Waals surface area (Å²) in [6, 6.07) is 14.8. The number of carboxylic acid groups (broad SMARTS) is 1. The van der Waals surface area contributed by atoms with E-state index in [-0.39, 0.29) is 32.0 Å². The average molecular weight is 483 g/mol. The van der Waals surface area contributed by atoms with Crippen molar-refractivity contribution in [3.63, 3.8) is 0 Å². The summed E-state index contributed by atoms with van der Waals surface area (Å²) in [6.45, 7) is 1.62. The lowest BCUT2D eigenvalue weighted by Gasteiger charge is -2.38. The maximum absolute atomic E-state index is 13.2. The van der Waals surface area contributed by atoms with E-state index in [2.05, 4.69) is 5.32 Å². The summed E-state index contributed by atoms with van der Waals surface area (Å²) in [5, 5.41) is 22.3. The molecular weight excluding hydrogens is 452 g/mol. The third-order valence-corrected chi connectivity index (χ3v) is 6.90. The molecule has 9 nitrogen and oxygen atoms in total. The summed E-state index contributed by atoms with van der Waals surface area (Å²) in [4.78, 5) is 38.7. The number of piperidine rings is 1. The van der Waals surface area contributed by atoms with Crippen LogP contribution in [0.25, 0.3) is 11.1 Å². The molecule has 0 radical (unpaired) electrons. The lowest BCUT2D eigenvalue weighted by atomic mass is 9.92. The van der Waals surface area contributed by atoms with Gasteiger partial charge in [0.15, 0.2) is 5.60 Å². The molecule has 1 aliphatic carbocycles. The Balaban J connectivity index is 1.44. The zero-order valence-electron chi connectivity index (χ0n) is 19.8. The number of ether oxygens (including phenoxy) is 2. The van der Waals surface area contributed by atoms with Crippen LogP contribution in [0.4, 0.5) is 4.79 Å². The van der Waals surface area contributed by atoms with E-state index in [9.17, 15) is 24.6 Å². The van der Waals surface area contributed by atoms with Crippen LogP contribution >= 0.6 is 0 Å². The Hall–Kier alpha value is -3.43. The van der Waals surface area contributed by atoms with Crippen molar-refractivity contribution in [2.45, 2.75) is 43.4 Å². The van der Waals surface area contributed by atoms with Gasteiger partial charge >= 0.3 is 12.1 Å². The number of hydrogen-bond donors (Lipinski definition) is 3. The number of fused-ring (bicyclic) bond motifs is 3. The van der Waals surface area contributed by atoms with Crippen molar-refractivity contribution >= 4 is 18.0 Å². The summed E-state index contributed by atoms with van der Waals surface area (Å²) in [7, 11) is 1.41. The summed E-state index contributed by atoms with van der Waals surface area (Å²) in [6.07, 6.45) is -1.10. The highest BCUT2D eigenvalue weighted by atomic mass is 16.5. The molecule has 3 N–H and O–H groups in total. The molecule has 1 saturated heterocycles. The zero-order valence-corrected chi connectivity index (χ0v) is 19.8. The van der Waals surface area contributed by atoms with Crippen molar-refractivity contribution in [3.8, 4) is 11.1 Å². The first kappa shape index (κ1) is 24.7. The van der Waals surface area contributed by atoms with E-state index in [1.807, 2.05) is 48.5 Å².